The predicted molar refractivity (Wildman–Crippen MR) is 81.2 cm³/mol. The number of hydrogen-bond acceptors (Lipinski definition) is 2. The Hall–Kier alpha value is -1.88. The molecule has 3 aromatic rings. The molecule has 0 aliphatic heterocycles. The van der Waals surface area contributed by atoms with Crippen molar-refractivity contribution in [2.24, 2.45) is 7.05 Å². The van der Waals surface area contributed by atoms with Crippen molar-refractivity contribution < 1.29 is 4.39 Å². The second-order valence-electron chi connectivity index (χ2n) is 5.04. The maximum Gasteiger partial charge on any atom is 0.151 e. The van der Waals surface area contributed by atoms with Gasteiger partial charge in [-0.1, -0.05) is 6.07 Å². The van der Waals surface area contributed by atoms with Crippen LogP contribution in [0.3, 0.4) is 0 Å². The van der Waals surface area contributed by atoms with Crippen molar-refractivity contribution in [1.29, 1.82) is 0 Å². The van der Waals surface area contributed by atoms with E-state index < -0.39 is 0 Å². The number of halogens is 2. The number of aromatic nitrogens is 4. The molecule has 0 saturated heterocycles. The highest BCUT2D eigenvalue weighted by Gasteiger charge is 2.15. The van der Waals surface area contributed by atoms with Gasteiger partial charge in [-0.05, 0) is 19.1 Å². The lowest BCUT2D eigenvalue weighted by Crippen LogP contribution is -2.07. The molecule has 0 spiro atoms. The molecule has 2 aromatic heterocycles. The van der Waals surface area contributed by atoms with Crippen LogP contribution >= 0.6 is 11.6 Å². The molecule has 0 fully saturated rings. The van der Waals surface area contributed by atoms with Gasteiger partial charge in [0, 0.05) is 30.6 Å². The third-order valence-electron chi connectivity index (χ3n) is 3.79. The summed E-state index contributed by atoms with van der Waals surface area (Å²) in [5.41, 5.74) is 3.37. The first-order chi connectivity index (χ1) is 10.1. The number of alkyl halides is 1. The summed E-state index contributed by atoms with van der Waals surface area (Å²) in [6.45, 7) is 2.63. The van der Waals surface area contributed by atoms with Gasteiger partial charge in [0.15, 0.2) is 5.82 Å². The molecule has 1 aromatic carbocycles. The van der Waals surface area contributed by atoms with Gasteiger partial charge in [-0.25, -0.2) is 9.37 Å². The Morgan fingerprint density at radius 3 is 2.81 bits per heavy atom. The fourth-order valence-corrected chi connectivity index (χ4v) is 2.65. The Morgan fingerprint density at radius 1 is 1.33 bits per heavy atom. The summed E-state index contributed by atoms with van der Waals surface area (Å²) >= 11 is 5.85. The molecule has 0 atom stereocenters. The highest BCUT2D eigenvalue weighted by atomic mass is 35.5. The second-order valence-corrected chi connectivity index (χ2v) is 5.42. The third-order valence-corrected chi connectivity index (χ3v) is 3.98. The molecule has 0 saturated carbocycles. The Morgan fingerprint density at radius 2 is 2.14 bits per heavy atom. The van der Waals surface area contributed by atoms with Crippen LogP contribution in [0.25, 0.3) is 11.0 Å². The molecule has 0 bridgehead atoms. The first-order valence-electron chi connectivity index (χ1n) is 6.79. The van der Waals surface area contributed by atoms with Crippen molar-refractivity contribution in [3.63, 3.8) is 0 Å². The molecule has 3 rings (SSSR count). The zero-order valence-corrected chi connectivity index (χ0v) is 12.7. The monoisotopic (exact) mass is 306 g/mol. The van der Waals surface area contributed by atoms with E-state index in [2.05, 4.69) is 10.1 Å². The summed E-state index contributed by atoms with van der Waals surface area (Å²) in [7, 11) is 1.91. The lowest BCUT2D eigenvalue weighted by atomic mass is 10.2. The lowest BCUT2D eigenvalue weighted by molar-refractivity contribution is 0.637. The van der Waals surface area contributed by atoms with Gasteiger partial charge in [0.05, 0.1) is 18.3 Å². The van der Waals surface area contributed by atoms with Crippen LogP contribution in [0.15, 0.2) is 24.4 Å². The Labute approximate surface area is 127 Å². The molecule has 4 nitrogen and oxygen atoms in total. The van der Waals surface area contributed by atoms with Gasteiger partial charge in [-0.3, -0.25) is 4.68 Å². The van der Waals surface area contributed by atoms with Gasteiger partial charge in [0.1, 0.15) is 11.3 Å². The summed E-state index contributed by atoms with van der Waals surface area (Å²) in [6, 6.07) is 5.02. The summed E-state index contributed by atoms with van der Waals surface area (Å²) < 4.78 is 17.8. The molecule has 0 amide bonds. The number of benzene rings is 1. The molecule has 0 aliphatic rings. The lowest BCUT2D eigenvalue weighted by Gasteiger charge is -2.08. The topological polar surface area (TPSA) is 35.6 Å². The Balaban J connectivity index is 2.13. The van der Waals surface area contributed by atoms with Crippen molar-refractivity contribution in [2.45, 2.75) is 19.9 Å². The van der Waals surface area contributed by atoms with E-state index in [0.717, 1.165) is 22.6 Å². The van der Waals surface area contributed by atoms with E-state index in [1.807, 2.05) is 35.5 Å². The maximum atomic E-state index is 13.9. The molecular formula is C15H16ClFN4. The number of aryl methyl sites for hydroxylation is 2. The summed E-state index contributed by atoms with van der Waals surface area (Å²) in [4.78, 5) is 4.41. The van der Waals surface area contributed by atoms with Gasteiger partial charge in [-0.2, -0.15) is 5.10 Å². The van der Waals surface area contributed by atoms with E-state index in [0.29, 0.717) is 24.4 Å². The van der Waals surface area contributed by atoms with Crippen LogP contribution in [0.1, 0.15) is 17.1 Å². The number of imidazole rings is 1. The first kappa shape index (κ1) is 14.1. The average molecular weight is 307 g/mol. The molecule has 6 heteroatoms. The predicted octanol–water partition coefficient (Wildman–Crippen LogP) is 3.05. The van der Waals surface area contributed by atoms with Crippen molar-refractivity contribution in [3.8, 4) is 0 Å². The van der Waals surface area contributed by atoms with Gasteiger partial charge in [0.25, 0.3) is 0 Å². The summed E-state index contributed by atoms with van der Waals surface area (Å²) in [5, 5.41) is 4.25. The van der Waals surface area contributed by atoms with Gasteiger partial charge >= 0.3 is 0 Å². The van der Waals surface area contributed by atoms with E-state index in [4.69, 9.17) is 11.6 Å². The van der Waals surface area contributed by atoms with Crippen LogP contribution in [0.5, 0.6) is 0 Å². The smallest absolute Gasteiger partial charge is 0.151 e. The number of rotatable bonds is 4. The third kappa shape index (κ3) is 2.42. The zero-order valence-electron chi connectivity index (χ0n) is 12.0. The van der Waals surface area contributed by atoms with Crippen LogP contribution in [0, 0.1) is 12.7 Å². The SMILES string of the molecule is Cc1c(Cn2c(CCCl)nc3c(F)cccc32)cnn1C. The number of hydrogen-bond donors (Lipinski definition) is 0. The molecule has 0 N–H and O–H groups in total. The first-order valence-corrected chi connectivity index (χ1v) is 7.32. The molecule has 0 unspecified atom stereocenters. The van der Waals surface area contributed by atoms with E-state index in [9.17, 15) is 4.39 Å². The molecule has 0 radical (unpaired) electrons. The maximum absolute atomic E-state index is 13.9. The fraction of sp³-hybridized carbons (Fsp3) is 0.333. The molecule has 21 heavy (non-hydrogen) atoms. The van der Waals surface area contributed by atoms with Gasteiger partial charge in [0.2, 0.25) is 0 Å². The van der Waals surface area contributed by atoms with Crippen LogP contribution in [0.4, 0.5) is 4.39 Å². The van der Waals surface area contributed by atoms with E-state index in [1.54, 1.807) is 6.07 Å². The van der Waals surface area contributed by atoms with Crippen LogP contribution in [0.2, 0.25) is 0 Å². The highest BCUT2D eigenvalue weighted by molar-refractivity contribution is 6.17. The van der Waals surface area contributed by atoms with Crippen LogP contribution < -0.4 is 0 Å². The van der Waals surface area contributed by atoms with Crippen molar-refractivity contribution >= 4 is 22.6 Å². The molecule has 2 heterocycles. The molecular weight excluding hydrogens is 291 g/mol. The van der Waals surface area contributed by atoms with Crippen LogP contribution in [-0.4, -0.2) is 25.2 Å². The number of para-hydroxylation sites is 1. The van der Waals surface area contributed by atoms with Gasteiger partial charge in [-0.15, -0.1) is 11.6 Å². The van der Waals surface area contributed by atoms with Crippen molar-refractivity contribution in [1.82, 2.24) is 19.3 Å². The quantitative estimate of drug-likeness (QED) is 0.695. The molecule has 110 valence electrons. The minimum Gasteiger partial charge on any atom is -0.323 e. The standard InChI is InChI=1S/C15H16ClFN4/c1-10-11(8-18-20(10)2)9-21-13-5-3-4-12(17)15(13)19-14(21)6-7-16/h3-5,8H,6-7,9H2,1-2H3. The fourth-order valence-electron chi connectivity index (χ4n) is 2.48. The number of fused-ring (bicyclic) bond motifs is 1. The largest absolute Gasteiger partial charge is 0.323 e. The average Bonchev–Trinajstić information content (AvgIpc) is 2.97. The Kier molecular flexibility index (Phi) is 3.68. The summed E-state index contributed by atoms with van der Waals surface area (Å²) in [6.07, 6.45) is 2.44. The van der Waals surface area contributed by atoms with E-state index in [1.165, 1.54) is 6.07 Å². The molecule has 0 aliphatic carbocycles. The van der Waals surface area contributed by atoms with E-state index >= 15 is 0 Å². The minimum atomic E-state index is -0.301. The Bertz CT molecular complexity index is 790. The minimum absolute atomic E-state index is 0.301. The van der Waals surface area contributed by atoms with E-state index in [-0.39, 0.29) is 5.82 Å². The number of nitrogens with zero attached hydrogens (tertiary/aromatic N) is 4. The normalized spacial score (nSPS) is 11.4. The van der Waals surface area contributed by atoms with Crippen LogP contribution in [-0.2, 0) is 20.0 Å². The zero-order chi connectivity index (χ0) is 15.0. The van der Waals surface area contributed by atoms with Gasteiger partial charge < -0.3 is 4.57 Å². The second kappa shape index (κ2) is 5.48. The van der Waals surface area contributed by atoms with Crippen molar-refractivity contribution in [2.75, 3.05) is 5.88 Å². The van der Waals surface area contributed by atoms with Crippen molar-refractivity contribution in [3.05, 3.63) is 47.3 Å². The summed E-state index contributed by atoms with van der Waals surface area (Å²) in [5.74, 6) is 0.954. The highest BCUT2D eigenvalue weighted by Crippen LogP contribution is 2.22.